The van der Waals surface area contributed by atoms with Gasteiger partial charge < -0.3 is 4.74 Å². The predicted octanol–water partition coefficient (Wildman–Crippen LogP) is 3.39. The van der Waals surface area contributed by atoms with E-state index in [2.05, 4.69) is 0 Å². The topological polar surface area (TPSA) is 95.5 Å². The third kappa shape index (κ3) is 3.33. The molecule has 0 radical (unpaired) electrons. The van der Waals surface area contributed by atoms with Gasteiger partial charge >= 0.3 is 0 Å². The van der Waals surface area contributed by atoms with Crippen molar-refractivity contribution in [3.63, 3.8) is 0 Å². The van der Waals surface area contributed by atoms with E-state index in [1.165, 1.54) is 19.1 Å². The number of ether oxygens (including phenoxy) is 1. The first kappa shape index (κ1) is 14.4. The summed E-state index contributed by atoms with van der Waals surface area (Å²) in [4.78, 5) is 20.6. The monoisotopic (exact) mass is 288 g/mol. The number of nitrogens with zero attached hydrogens (tertiary/aromatic N) is 2. The van der Waals surface area contributed by atoms with Crippen molar-refractivity contribution >= 4 is 11.4 Å². The Hall–Kier alpha value is -2.96. The minimum atomic E-state index is -0.655. The molecule has 0 aliphatic rings. The van der Waals surface area contributed by atoms with E-state index in [1.807, 2.05) is 30.3 Å². The van der Waals surface area contributed by atoms with E-state index >= 15 is 0 Å². The van der Waals surface area contributed by atoms with Gasteiger partial charge in [-0.25, -0.2) is 0 Å². The van der Waals surface area contributed by atoms with E-state index in [-0.39, 0.29) is 29.3 Å². The minimum absolute atomic E-state index is 0.0112. The van der Waals surface area contributed by atoms with Crippen molar-refractivity contribution in [2.75, 3.05) is 0 Å². The maximum absolute atomic E-state index is 11.0. The fourth-order valence-corrected chi connectivity index (χ4v) is 1.86. The maximum atomic E-state index is 11.0. The van der Waals surface area contributed by atoms with Gasteiger partial charge in [0.25, 0.3) is 11.4 Å². The molecular formula is C14H12N2O5. The smallest absolute Gasteiger partial charge is 0.282 e. The van der Waals surface area contributed by atoms with E-state index in [4.69, 9.17) is 4.74 Å². The lowest BCUT2D eigenvalue weighted by molar-refractivity contribution is -0.395. The zero-order valence-electron chi connectivity index (χ0n) is 11.2. The molecule has 0 amide bonds. The summed E-state index contributed by atoms with van der Waals surface area (Å²) in [6.45, 7) is 1.52. The molecule has 0 saturated heterocycles. The zero-order chi connectivity index (χ0) is 15.4. The lowest BCUT2D eigenvalue weighted by Crippen LogP contribution is -2.01. The molecule has 0 spiro atoms. The summed E-state index contributed by atoms with van der Waals surface area (Å²) >= 11 is 0. The largest absolute Gasteiger partial charge is 0.488 e. The van der Waals surface area contributed by atoms with Crippen molar-refractivity contribution in [3.05, 3.63) is 73.8 Å². The molecule has 2 aromatic rings. The number of rotatable bonds is 5. The highest BCUT2D eigenvalue weighted by Gasteiger charge is 2.23. The van der Waals surface area contributed by atoms with E-state index < -0.39 is 9.85 Å². The summed E-state index contributed by atoms with van der Waals surface area (Å²) < 4.78 is 5.42. The molecular weight excluding hydrogens is 276 g/mol. The standard InChI is InChI=1S/C14H12N2O5/c1-10-13(15(17)18)7-12(8-14(10)16(19)20)21-9-11-5-3-2-4-6-11/h2-8H,9H2,1H3. The Morgan fingerprint density at radius 2 is 1.52 bits per heavy atom. The normalized spacial score (nSPS) is 10.1. The van der Waals surface area contributed by atoms with Crippen molar-refractivity contribution in [1.82, 2.24) is 0 Å². The number of benzene rings is 2. The highest BCUT2D eigenvalue weighted by molar-refractivity contribution is 5.57. The molecule has 0 fully saturated rings. The molecule has 0 aliphatic heterocycles. The minimum Gasteiger partial charge on any atom is -0.488 e. The number of nitro groups is 2. The molecule has 0 aromatic heterocycles. The quantitative estimate of drug-likeness (QED) is 0.620. The molecule has 0 unspecified atom stereocenters. The van der Waals surface area contributed by atoms with Crippen molar-refractivity contribution in [2.45, 2.75) is 13.5 Å². The van der Waals surface area contributed by atoms with Gasteiger partial charge in [-0.15, -0.1) is 0 Å². The van der Waals surface area contributed by atoms with Crippen LogP contribution in [0.2, 0.25) is 0 Å². The van der Waals surface area contributed by atoms with Gasteiger partial charge in [-0.05, 0) is 12.5 Å². The van der Waals surface area contributed by atoms with Crippen molar-refractivity contribution in [2.24, 2.45) is 0 Å². The molecule has 0 bridgehead atoms. The van der Waals surface area contributed by atoms with Crippen molar-refractivity contribution < 1.29 is 14.6 Å². The van der Waals surface area contributed by atoms with Gasteiger partial charge in [0.2, 0.25) is 0 Å². The van der Waals surface area contributed by atoms with Crippen LogP contribution in [0, 0.1) is 27.2 Å². The van der Waals surface area contributed by atoms with Crippen molar-refractivity contribution in [3.8, 4) is 5.75 Å². The fourth-order valence-electron chi connectivity index (χ4n) is 1.86. The van der Waals surface area contributed by atoms with Crippen LogP contribution < -0.4 is 4.74 Å². The average Bonchev–Trinajstić information content (AvgIpc) is 2.46. The maximum Gasteiger partial charge on any atom is 0.282 e. The van der Waals surface area contributed by atoms with Gasteiger partial charge in [-0.2, -0.15) is 0 Å². The van der Waals surface area contributed by atoms with Crippen LogP contribution in [0.1, 0.15) is 11.1 Å². The van der Waals surface area contributed by atoms with Crippen LogP contribution in [0.3, 0.4) is 0 Å². The first-order valence-corrected chi connectivity index (χ1v) is 6.09. The molecule has 108 valence electrons. The number of hydrogen-bond acceptors (Lipinski definition) is 5. The highest BCUT2D eigenvalue weighted by Crippen LogP contribution is 2.33. The Balaban J connectivity index is 2.31. The summed E-state index contributed by atoms with van der Waals surface area (Å²) in [5, 5.41) is 21.9. The Labute approximate surface area is 120 Å². The van der Waals surface area contributed by atoms with Gasteiger partial charge in [0, 0.05) is 0 Å². The van der Waals surface area contributed by atoms with E-state index in [0.717, 1.165) is 5.56 Å². The Morgan fingerprint density at radius 1 is 1.00 bits per heavy atom. The third-order valence-electron chi connectivity index (χ3n) is 2.97. The lowest BCUT2D eigenvalue weighted by Gasteiger charge is -2.07. The van der Waals surface area contributed by atoms with E-state index in [1.54, 1.807) is 0 Å². The Bertz CT molecular complexity index is 650. The first-order chi connectivity index (χ1) is 9.99. The van der Waals surface area contributed by atoms with Gasteiger partial charge in [0.05, 0.1) is 22.0 Å². The Kier molecular flexibility index (Phi) is 4.13. The third-order valence-corrected chi connectivity index (χ3v) is 2.97. The van der Waals surface area contributed by atoms with Gasteiger partial charge in [-0.3, -0.25) is 20.2 Å². The zero-order valence-corrected chi connectivity index (χ0v) is 11.2. The lowest BCUT2D eigenvalue weighted by atomic mass is 10.1. The number of nitro benzene ring substituents is 2. The predicted molar refractivity (Wildman–Crippen MR) is 75.3 cm³/mol. The van der Waals surface area contributed by atoms with Gasteiger partial charge in [-0.1, -0.05) is 30.3 Å². The molecule has 2 rings (SSSR count). The molecule has 0 N–H and O–H groups in total. The molecule has 0 aliphatic carbocycles. The average molecular weight is 288 g/mol. The molecule has 7 heteroatoms. The second kappa shape index (κ2) is 6.00. The molecule has 7 nitrogen and oxygen atoms in total. The second-order valence-electron chi connectivity index (χ2n) is 4.38. The first-order valence-electron chi connectivity index (χ1n) is 6.09. The highest BCUT2D eigenvalue weighted by atomic mass is 16.6. The summed E-state index contributed by atoms with van der Waals surface area (Å²) in [6, 6.07) is 11.6. The van der Waals surface area contributed by atoms with E-state index in [9.17, 15) is 20.2 Å². The fraction of sp³-hybridized carbons (Fsp3) is 0.143. The molecule has 0 atom stereocenters. The summed E-state index contributed by atoms with van der Waals surface area (Å²) in [5.74, 6) is 0.0999. The van der Waals surface area contributed by atoms with Crippen LogP contribution >= 0.6 is 0 Å². The number of hydrogen-bond donors (Lipinski definition) is 0. The van der Waals surface area contributed by atoms with Crippen molar-refractivity contribution in [1.29, 1.82) is 0 Å². The van der Waals surface area contributed by atoms with Gasteiger partial charge in [0.15, 0.2) is 0 Å². The summed E-state index contributed by atoms with van der Waals surface area (Å²) in [7, 11) is 0. The van der Waals surface area contributed by atoms with Crippen LogP contribution in [0.5, 0.6) is 5.75 Å². The van der Waals surface area contributed by atoms with Crippen LogP contribution in [0.25, 0.3) is 0 Å². The molecule has 21 heavy (non-hydrogen) atoms. The molecule has 0 heterocycles. The molecule has 2 aromatic carbocycles. The SMILES string of the molecule is Cc1c([N+](=O)[O-])cc(OCc2ccccc2)cc1[N+](=O)[O-]. The van der Waals surface area contributed by atoms with Crippen LogP contribution in [-0.2, 0) is 6.61 Å². The second-order valence-corrected chi connectivity index (χ2v) is 4.38. The van der Waals surface area contributed by atoms with E-state index in [0.29, 0.717) is 0 Å². The van der Waals surface area contributed by atoms with Gasteiger partial charge in [0.1, 0.15) is 17.9 Å². The summed E-state index contributed by atoms with van der Waals surface area (Å²) in [5.41, 5.74) is 0.222. The van der Waals surface area contributed by atoms with Crippen LogP contribution in [0.15, 0.2) is 42.5 Å². The summed E-state index contributed by atoms with van der Waals surface area (Å²) in [6.07, 6.45) is 0. The molecule has 0 saturated carbocycles. The van der Waals surface area contributed by atoms with Crippen LogP contribution in [-0.4, -0.2) is 9.85 Å². The van der Waals surface area contributed by atoms with Crippen LogP contribution in [0.4, 0.5) is 11.4 Å². The Morgan fingerprint density at radius 3 is 2.00 bits per heavy atom.